The summed E-state index contributed by atoms with van der Waals surface area (Å²) in [5, 5.41) is 11.3. The van der Waals surface area contributed by atoms with E-state index in [0.29, 0.717) is 38.5 Å². The van der Waals surface area contributed by atoms with Crippen molar-refractivity contribution in [1.82, 2.24) is 14.8 Å². The highest BCUT2D eigenvalue weighted by molar-refractivity contribution is 6.31. The van der Waals surface area contributed by atoms with Gasteiger partial charge in [-0.2, -0.15) is 4.98 Å². The van der Waals surface area contributed by atoms with Gasteiger partial charge < -0.3 is 15.4 Å². The molecule has 2 heterocycles. The molecule has 2 aromatic carbocycles. The normalized spacial score (nSPS) is 15.2. The average molecular weight is 458 g/mol. The number of methoxy groups -OCH3 is 1. The zero-order chi connectivity index (χ0) is 22.1. The Morgan fingerprint density at radius 1 is 1.13 bits per heavy atom. The molecule has 0 saturated heterocycles. The summed E-state index contributed by atoms with van der Waals surface area (Å²) in [5.74, 6) is -0.841. The van der Waals surface area contributed by atoms with Crippen molar-refractivity contribution in [3.63, 3.8) is 0 Å². The maximum atomic E-state index is 13.3. The number of fused-ring (bicyclic) bond motifs is 1. The summed E-state index contributed by atoms with van der Waals surface area (Å²) >= 11 is 12.1. The van der Waals surface area contributed by atoms with Crippen molar-refractivity contribution < 1.29 is 14.3 Å². The molecule has 0 fully saturated rings. The number of carbonyl (C=O) groups is 2. The molecule has 1 amide bonds. The van der Waals surface area contributed by atoms with Crippen LogP contribution in [0.5, 0.6) is 0 Å². The molecule has 3 aromatic rings. The van der Waals surface area contributed by atoms with E-state index in [9.17, 15) is 9.59 Å². The number of amides is 1. The maximum Gasteiger partial charge on any atom is 0.378 e. The van der Waals surface area contributed by atoms with Gasteiger partial charge in [0.25, 0.3) is 11.7 Å². The third-order valence-electron chi connectivity index (χ3n) is 4.73. The lowest BCUT2D eigenvalue weighted by atomic mass is 9.95. The number of ether oxygens (including phenoxy) is 1. The second kappa shape index (κ2) is 8.41. The van der Waals surface area contributed by atoms with Crippen molar-refractivity contribution in [3.05, 3.63) is 81.2 Å². The molecule has 1 atom stereocenters. The standard InChI is InChI=1S/C21H17Cl2N5O3/c1-11-16(19(29)25-15-8-6-13(22)7-9-15)17(12-4-3-5-14(23)10-12)28-21(24-11)26-18(27-28)20(30)31-2/h3-10,17H,1-2H3,(H,25,29)(H,24,26,27)/t17-/m1/s1. The predicted molar refractivity (Wildman–Crippen MR) is 117 cm³/mol. The molecule has 2 N–H and O–H groups in total. The summed E-state index contributed by atoms with van der Waals surface area (Å²) in [4.78, 5) is 29.5. The van der Waals surface area contributed by atoms with Gasteiger partial charge in [-0.05, 0) is 48.9 Å². The number of nitrogens with zero attached hydrogens (tertiary/aromatic N) is 3. The minimum atomic E-state index is -0.682. The van der Waals surface area contributed by atoms with Crippen LogP contribution < -0.4 is 10.6 Å². The van der Waals surface area contributed by atoms with Crippen LogP contribution in [0.15, 0.2) is 59.8 Å². The van der Waals surface area contributed by atoms with Crippen LogP contribution in [0, 0.1) is 0 Å². The maximum absolute atomic E-state index is 13.3. The van der Waals surface area contributed by atoms with Crippen LogP contribution in [0.2, 0.25) is 10.0 Å². The largest absolute Gasteiger partial charge is 0.463 e. The van der Waals surface area contributed by atoms with E-state index < -0.39 is 12.0 Å². The third kappa shape index (κ3) is 4.12. The van der Waals surface area contributed by atoms with Gasteiger partial charge in [0.05, 0.1) is 12.7 Å². The Bertz CT molecular complexity index is 1200. The summed E-state index contributed by atoms with van der Waals surface area (Å²) in [5.41, 5.74) is 2.25. The summed E-state index contributed by atoms with van der Waals surface area (Å²) < 4.78 is 6.21. The number of esters is 1. The van der Waals surface area contributed by atoms with Crippen molar-refractivity contribution in [2.45, 2.75) is 13.0 Å². The number of allylic oxidation sites excluding steroid dienone is 1. The van der Waals surface area contributed by atoms with E-state index in [2.05, 4.69) is 20.7 Å². The fourth-order valence-corrected chi connectivity index (χ4v) is 3.66. The molecular formula is C21H17Cl2N5O3. The number of halogens is 2. The monoisotopic (exact) mass is 457 g/mol. The molecule has 158 valence electrons. The third-order valence-corrected chi connectivity index (χ3v) is 5.22. The van der Waals surface area contributed by atoms with E-state index in [1.165, 1.54) is 11.8 Å². The smallest absolute Gasteiger partial charge is 0.378 e. The second-order valence-electron chi connectivity index (χ2n) is 6.78. The number of aromatic nitrogens is 3. The molecule has 1 aromatic heterocycles. The van der Waals surface area contributed by atoms with Crippen molar-refractivity contribution in [1.29, 1.82) is 0 Å². The summed E-state index contributed by atoms with van der Waals surface area (Å²) in [6, 6.07) is 13.2. The van der Waals surface area contributed by atoms with E-state index in [1.54, 1.807) is 49.4 Å². The van der Waals surface area contributed by atoms with Gasteiger partial charge in [-0.3, -0.25) is 4.79 Å². The van der Waals surface area contributed by atoms with Crippen LogP contribution in [-0.2, 0) is 9.53 Å². The molecule has 1 aliphatic heterocycles. The summed E-state index contributed by atoms with van der Waals surface area (Å²) in [6.07, 6.45) is 0. The molecule has 0 aliphatic carbocycles. The molecule has 0 unspecified atom stereocenters. The number of hydrogen-bond acceptors (Lipinski definition) is 6. The fourth-order valence-electron chi connectivity index (χ4n) is 3.34. The van der Waals surface area contributed by atoms with Gasteiger partial charge in [-0.25, -0.2) is 9.48 Å². The lowest BCUT2D eigenvalue weighted by Gasteiger charge is -2.28. The van der Waals surface area contributed by atoms with Gasteiger partial charge in [-0.1, -0.05) is 35.3 Å². The van der Waals surface area contributed by atoms with Crippen LogP contribution in [0.25, 0.3) is 0 Å². The zero-order valence-electron chi connectivity index (χ0n) is 16.5. The quantitative estimate of drug-likeness (QED) is 0.566. The van der Waals surface area contributed by atoms with Crippen molar-refractivity contribution >= 4 is 46.7 Å². The van der Waals surface area contributed by atoms with E-state index in [-0.39, 0.29) is 11.7 Å². The lowest BCUT2D eigenvalue weighted by molar-refractivity contribution is -0.113. The van der Waals surface area contributed by atoms with Gasteiger partial charge in [-0.15, -0.1) is 5.10 Å². The second-order valence-corrected chi connectivity index (χ2v) is 7.65. The van der Waals surface area contributed by atoms with Crippen LogP contribution >= 0.6 is 23.2 Å². The Labute approximate surface area is 187 Å². The van der Waals surface area contributed by atoms with Crippen molar-refractivity contribution in [2.75, 3.05) is 17.7 Å². The van der Waals surface area contributed by atoms with Gasteiger partial charge in [0.1, 0.15) is 6.04 Å². The Morgan fingerprint density at radius 3 is 2.55 bits per heavy atom. The van der Waals surface area contributed by atoms with Crippen LogP contribution in [-0.4, -0.2) is 33.8 Å². The SMILES string of the molecule is COC(=O)c1nc2n(n1)[C@H](c1cccc(Cl)c1)C(C(=O)Nc1ccc(Cl)cc1)=C(C)N2. The van der Waals surface area contributed by atoms with E-state index in [0.717, 1.165) is 0 Å². The molecule has 10 heteroatoms. The van der Waals surface area contributed by atoms with Gasteiger partial charge >= 0.3 is 5.97 Å². The fraction of sp³-hybridized carbons (Fsp3) is 0.143. The number of nitrogens with one attached hydrogen (secondary N) is 2. The molecular weight excluding hydrogens is 441 g/mol. The van der Waals surface area contributed by atoms with E-state index in [4.69, 9.17) is 27.9 Å². The highest BCUT2D eigenvalue weighted by Crippen LogP contribution is 2.36. The summed E-state index contributed by atoms with van der Waals surface area (Å²) in [6.45, 7) is 1.75. The number of carbonyl (C=O) groups excluding carboxylic acids is 2. The van der Waals surface area contributed by atoms with Gasteiger partial charge in [0.15, 0.2) is 0 Å². The topological polar surface area (TPSA) is 98.1 Å². The average Bonchev–Trinajstić information content (AvgIpc) is 3.17. The first kappa shape index (κ1) is 20.9. The molecule has 0 spiro atoms. The lowest BCUT2D eigenvalue weighted by Crippen LogP contribution is -2.31. The minimum Gasteiger partial charge on any atom is -0.463 e. The molecule has 1 aliphatic rings. The molecule has 4 rings (SSSR count). The minimum absolute atomic E-state index is 0.121. The Kier molecular flexibility index (Phi) is 5.67. The van der Waals surface area contributed by atoms with Crippen molar-refractivity contribution in [2.24, 2.45) is 0 Å². The zero-order valence-corrected chi connectivity index (χ0v) is 18.0. The molecule has 31 heavy (non-hydrogen) atoms. The number of anilines is 2. The number of benzene rings is 2. The predicted octanol–water partition coefficient (Wildman–Crippen LogP) is 4.30. The summed E-state index contributed by atoms with van der Waals surface area (Å²) in [7, 11) is 1.25. The first-order chi connectivity index (χ1) is 14.9. The Morgan fingerprint density at radius 2 is 1.87 bits per heavy atom. The van der Waals surface area contributed by atoms with Gasteiger partial charge in [0, 0.05) is 21.4 Å². The van der Waals surface area contributed by atoms with Crippen LogP contribution in [0.3, 0.4) is 0 Å². The van der Waals surface area contributed by atoms with E-state index >= 15 is 0 Å². The number of rotatable bonds is 4. The molecule has 0 radical (unpaired) electrons. The molecule has 8 nitrogen and oxygen atoms in total. The molecule has 0 saturated carbocycles. The Balaban J connectivity index is 1.80. The van der Waals surface area contributed by atoms with Crippen LogP contribution in [0.4, 0.5) is 11.6 Å². The highest BCUT2D eigenvalue weighted by atomic mass is 35.5. The first-order valence-corrected chi connectivity index (χ1v) is 9.98. The highest BCUT2D eigenvalue weighted by Gasteiger charge is 2.35. The number of hydrogen-bond donors (Lipinski definition) is 2. The first-order valence-electron chi connectivity index (χ1n) is 9.22. The molecule has 0 bridgehead atoms. The van der Waals surface area contributed by atoms with Crippen molar-refractivity contribution in [3.8, 4) is 0 Å². The van der Waals surface area contributed by atoms with Gasteiger partial charge in [0.2, 0.25) is 5.95 Å². The van der Waals surface area contributed by atoms with E-state index in [1.807, 2.05) is 6.07 Å². The Hall–Kier alpha value is -3.36. The van der Waals surface area contributed by atoms with Crippen LogP contribution in [0.1, 0.15) is 29.1 Å².